The van der Waals surface area contributed by atoms with E-state index < -0.39 is 23.5 Å². The molecule has 0 radical (unpaired) electrons. The van der Waals surface area contributed by atoms with Gasteiger partial charge in [0.1, 0.15) is 0 Å². The Balaban J connectivity index is 2.17. The highest BCUT2D eigenvalue weighted by Gasteiger charge is 2.37. The second kappa shape index (κ2) is 8.19. The van der Waals surface area contributed by atoms with Crippen LogP contribution in [0.1, 0.15) is 36.8 Å². The number of anilines is 1. The molecule has 0 aromatic heterocycles. The van der Waals surface area contributed by atoms with Crippen molar-refractivity contribution in [3.63, 3.8) is 0 Å². The van der Waals surface area contributed by atoms with Gasteiger partial charge in [-0.25, -0.2) is 0 Å². The molecular formula is C17H21F6N5. The third kappa shape index (κ3) is 5.96. The molecule has 1 saturated carbocycles. The molecule has 0 heterocycles. The van der Waals surface area contributed by atoms with E-state index in [0.717, 1.165) is 12.8 Å². The van der Waals surface area contributed by atoms with Crippen molar-refractivity contribution in [1.82, 2.24) is 10.6 Å². The van der Waals surface area contributed by atoms with Crippen LogP contribution < -0.4 is 21.7 Å². The number of rotatable bonds is 5. The number of hydrogen-bond donors (Lipinski definition) is 5. The lowest BCUT2D eigenvalue weighted by molar-refractivity contribution is -0.143. The fourth-order valence-corrected chi connectivity index (χ4v) is 3.14. The summed E-state index contributed by atoms with van der Waals surface area (Å²) in [6, 6.07) is 0.820. The molecule has 2 atom stereocenters. The highest BCUT2D eigenvalue weighted by molar-refractivity contribution is 5.74. The van der Waals surface area contributed by atoms with Crippen LogP contribution in [-0.2, 0) is 12.4 Å². The summed E-state index contributed by atoms with van der Waals surface area (Å²) in [7, 11) is 0. The molecular weight excluding hydrogens is 388 g/mol. The van der Waals surface area contributed by atoms with Gasteiger partial charge in [-0.05, 0) is 31.0 Å². The maximum absolute atomic E-state index is 12.9. The number of nitrogens with one attached hydrogen (secondary N) is 4. The maximum atomic E-state index is 12.9. The van der Waals surface area contributed by atoms with Crippen LogP contribution in [-0.4, -0.2) is 18.0 Å². The summed E-state index contributed by atoms with van der Waals surface area (Å²) >= 11 is 0. The van der Waals surface area contributed by atoms with E-state index >= 15 is 0 Å². The number of alkyl halides is 6. The predicted molar refractivity (Wildman–Crippen MR) is 93.4 cm³/mol. The van der Waals surface area contributed by atoms with E-state index in [2.05, 4.69) is 22.5 Å². The van der Waals surface area contributed by atoms with Crippen molar-refractivity contribution in [2.75, 3.05) is 5.32 Å². The first-order chi connectivity index (χ1) is 12.9. The number of benzene rings is 1. The first-order valence-corrected chi connectivity index (χ1v) is 8.49. The highest BCUT2D eigenvalue weighted by Crippen LogP contribution is 2.37. The molecule has 11 heteroatoms. The van der Waals surface area contributed by atoms with E-state index in [1.807, 2.05) is 0 Å². The lowest BCUT2D eigenvalue weighted by Gasteiger charge is -2.34. The molecule has 1 aliphatic rings. The molecule has 2 rings (SSSR count). The highest BCUT2D eigenvalue weighted by atomic mass is 19.4. The molecule has 5 nitrogen and oxygen atoms in total. The Labute approximate surface area is 157 Å². The van der Waals surface area contributed by atoms with Gasteiger partial charge in [-0.15, -0.1) is 0 Å². The summed E-state index contributed by atoms with van der Waals surface area (Å²) in [5.41, 5.74) is 2.14. The third-order valence-electron chi connectivity index (χ3n) is 4.35. The molecule has 0 spiro atoms. The van der Waals surface area contributed by atoms with Crippen LogP contribution >= 0.6 is 0 Å². The van der Waals surface area contributed by atoms with Crippen molar-refractivity contribution >= 4 is 11.6 Å². The summed E-state index contributed by atoms with van der Waals surface area (Å²) < 4.78 is 77.7. The fourth-order valence-electron chi connectivity index (χ4n) is 3.14. The summed E-state index contributed by atoms with van der Waals surface area (Å²) in [5.74, 6) is -0.167. The summed E-state index contributed by atoms with van der Waals surface area (Å²) in [4.78, 5) is 0. The average Bonchev–Trinajstić information content (AvgIpc) is 2.54. The van der Waals surface area contributed by atoms with Crippen LogP contribution in [0.15, 0.2) is 30.6 Å². The summed E-state index contributed by atoms with van der Waals surface area (Å²) in [5, 5.41) is 15.6. The molecule has 0 saturated heterocycles. The Morgan fingerprint density at radius 3 is 1.82 bits per heavy atom. The van der Waals surface area contributed by atoms with Crippen LogP contribution in [0.4, 0.5) is 32.0 Å². The van der Waals surface area contributed by atoms with E-state index in [-0.39, 0.29) is 35.6 Å². The zero-order valence-corrected chi connectivity index (χ0v) is 14.8. The standard InChI is InChI=1S/C17H21F6N5/c1-9(27-13-4-2-3-5-14(13)28-15(24)25)26-12-7-10(16(18,19)20)6-11(8-12)17(21,22)23/h6-8,13-14,26-27H,1-5H2,(H4,24,25,28)/t13-,14-/m1/s1. The quantitative estimate of drug-likeness (QED) is 0.289. The summed E-state index contributed by atoms with van der Waals surface area (Å²) in [6.07, 6.45) is -6.67. The molecule has 6 N–H and O–H groups in total. The zero-order chi connectivity index (χ0) is 21.1. The van der Waals surface area contributed by atoms with Crippen molar-refractivity contribution in [2.24, 2.45) is 5.73 Å². The molecule has 0 amide bonds. The minimum Gasteiger partial charge on any atom is -0.370 e. The van der Waals surface area contributed by atoms with Crippen LogP contribution in [0.25, 0.3) is 0 Å². The van der Waals surface area contributed by atoms with Crippen LogP contribution in [0.2, 0.25) is 0 Å². The van der Waals surface area contributed by atoms with Crippen LogP contribution in [0.5, 0.6) is 0 Å². The Kier molecular flexibility index (Phi) is 6.35. The van der Waals surface area contributed by atoms with Gasteiger partial charge in [0.05, 0.1) is 16.9 Å². The second-order valence-corrected chi connectivity index (χ2v) is 6.60. The molecule has 1 aromatic rings. The number of nitrogens with two attached hydrogens (primary N) is 1. The lowest BCUT2D eigenvalue weighted by atomic mass is 9.90. The van der Waals surface area contributed by atoms with Gasteiger partial charge in [-0.3, -0.25) is 5.41 Å². The Bertz CT molecular complexity index is 695. The number of guanidine groups is 1. The number of halogens is 6. The van der Waals surface area contributed by atoms with Crippen LogP contribution in [0, 0.1) is 5.41 Å². The second-order valence-electron chi connectivity index (χ2n) is 6.60. The molecule has 0 bridgehead atoms. The van der Waals surface area contributed by atoms with E-state index in [9.17, 15) is 26.3 Å². The molecule has 1 fully saturated rings. The van der Waals surface area contributed by atoms with Gasteiger partial charge >= 0.3 is 12.4 Å². The maximum Gasteiger partial charge on any atom is 0.416 e. The van der Waals surface area contributed by atoms with Crippen molar-refractivity contribution in [3.8, 4) is 0 Å². The first-order valence-electron chi connectivity index (χ1n) is 8.49. The third-order valence-corrected chi connectivity index (χ3v) is 4.35. The molecule has 156 valence electrons. The van der Waals surface area contributed by atoms with Gasteiger partial charge in [-0.2, -0.15) is 26.3 Å². The Hall–Kier alpha value is -2.59. The zero-order valence-electron chi connectivity index (χ0n) is 14.8. The van der Waals surface area contributed by atoms with Gasteiger partial charge < -0.3 is 21.7 Å². The van der Waals surface area contributed by atoms with Gasteiger partial charge in [0.15, 0.2) is 5.96 Å². The van der Waals surface area contributed by atoms with Gasteiger partial charge in [0.25, 0.3) is 0 Å². The normalized spacial score (nSPS) is 20.4. The fraction of sp³-hybridized carbons (Fsp3) is 0.471. The van der Waals surface area contributed by atoms with E-state index in [0.29, 0.717) is 25.0 Å². The molecule has 0 unspecified atom stereocenters. The molecule has 0 aliphatic heterocycles. The number of hydrogen-bond acceptors (Lipinski definition) is 3. The summed E-state index contributed by atoms with van der Waals surface area (Å²) in [6.45, 7) is 3.64. The Morgan fingerprint density at radius 1 is 0.929 bits per heavy atom. The van der Waals surface area contributed by atoms with Crippen LogP contribution in [0.3, 0.4) is 0 Å². The van der Waals surface area contributed by atoms with Gasteiger partial charge in [-0.1, -0.05) is 19.4 Å². The van der Waals surface area contributed by atoms with E-state index in [4.69, 9.17) is 11.1 Å². The van der Waals surface area contributed by atoms with Crippen molar-refractivity contribution < 1.29 is 26.3 Å². The van der Waals surface area contributed by atoms with Gasteiger partial charge in [0, 0.05) is 17.8 Å². The smallest absolute Gasteiger partial charge is 0.370 e. The minimum absolute atomic E-state index is 0.0506. The van der Waals surface area contributed by atoms with Crippen molar-refractivity contribution in [1.29, 1.82) is 5.41 Å². The van der Waals surface area contributed by atoms with E-state index in [1.165, 1.54) is 0 Å². The first kappa shape index (κ1) is 21.7. The monoisotopic (exact) mass is 409 g/mol. The largest absolute Gasteiger partial charge is 0.416 e. The lowest BCUT2D eigenvalue weighted by Crippen LogP contribution is -2.53. The molecule has 1 aromatic carbocycles. The minimum atomic E-state index is -4.92. The van der Waals surface area contributed by atoms with E-state index in [1.54, 1.807) is 0 Å². The van der Waals surface area contributed by atoms with Gasteiger partial charge in [0.2, 0.25) is 0 Å². The van der Waals surface area contributed by atoms with Crippen molar-refractivity contribution in [2.45, 2.75) is 50.1 Å². The molecule has 28 heavy (non-hydrogen) atoms. The average molecular weight is 409 g/mol. The molecule has 1 aliphatic carbocycles. The predicted octanol–water partition coefficient (Wildman–Crippen LogP) is 3.99. The SMILES string of the molecule is C=C(Nc1cc(C(F)(F)F)cc(C(F)(F)F)c1)N[C@@H]1CCCC[C@H]1NC(=N)N. The topological polar surface area (TPSA) is 86.0 Å². The Morgan fingerprint density at radius 2 is 1.39 bits per heavy atom. The van der Waals surface area contributed by atoms with Crippen molar-refractivity contribution in [3.05, 3.63) is 41.7 Å².